The normalized spacial score (nSPS) is 11.6. The van der Waals surface area contributed by atoms with Gasteiger partial charge in [-0.05, 0) is 23.6 Å². The van der Waals surface area contributed by atoms with E-state index >= 15 is 0 Å². The lowest BCUT2D eigenvalue weighted by Gasteiger charge is -2.18. The maximum Gasteiger partial charge on any atom is 0.266 e. The first-order valence-corrected chi connectivity index (χ1v) is 10.8. The van der Waals surface area contributed by atoms with Gasteiger partial charge in [0.15, 0.2) is 0 Å². The number of aromatic nitrogens is 2. The number of rotatable bonds is 8. The fourth-order valence-corrected chi connectivity index (χ4v) is 3.45. The summed E-state index contributed by atoms with van der Waals surface area (Å²) in [5, 5.41) is 4.56. The van der Waals surface area contributed by atoms with Crippen molar-refractivity contribution in [3.8, 4) is 0 Å². The molecule has 0 amide bonds. The Balaban J connectivity index is 1.90. The van der Waals surface area contributed by atoms with Crippen LogP contribution in [0.15, 0.2) is 77.6 Å². The molecule has 2 aromatic carbocycles. The molecule has 0 saturated heterocycles. The lowest BCUT2D eigenvalue weighted by atomic mass is 9.88. The predicted molar refractivity (Wildman–Crippen MR) is 108 cm³/mol. The summed E-state index contributed by atoms with van der Waals surface area (Å²) < 4.78 is 28.2. The second kappa shape index (κ2) is 8.95. The van der Waals surface area contributed by atoms with Gasteiger partial charge < -0.3 is 0 Å². The summed E-state index contributed by atoms with van der Waals surface area (Å²) >= 11 is 0. The fraction of sp³-hybridized carbons (Fsp3) is 0.238. The average molecular weight is 398 g/mol. The summed E-state index contributed by atoms with van der Waals surface area (Å²) in [5.74, 6) is -0.110. The molecule has 0 saturated carbocycles. The number of nitrogens with zero attached hydrogens (tertiary/aromatic N) is 2. The summed E-state index contributed by atoms with van der Waals surface area (Å²) in [5.41, 5.74) is 2.67. The van der Waals surface area contributed by atoms with Crippen molar-refractivity contribution in [3.63, 3.8) is 0 Å². The Morgan fingerprint density at radius 3 is 2.04 bits per heavy atom. The number of hydrogen-bond donors (Lipinski definition) is 0. The van der Waals surface area contributed by atoms with Crippen LogP contribution in [0, 0.1) is 0 Å². The molecule has 6 nitrogen and oxygen atoms in total. The van der Waals surface area contributed by atoms with Gasteiger partial charge in [0.25, 0.3) is 15.7 Å². The first-order valence-electron chi connectivity index (χ1n) is 8.96. The van der Waals surface area contributed by atoms with E-state index in [9.17, 15) is 13.2 Å². The second-order valence-electron chi connectivity index (χ2n) is 6.45. The van der Waals surface area contributed by atoms with Crippen LogP contribution in [0.3, 0.4) is 0 Å². The molecule has 0 atom stereocenters. The molecular weight excluding hydrogens is 376 g/mol. The van der Waals surface area contributed by atoms with Gasteiger partial charge in [-0.25, -0.2) is 4.68 Å². The molecule has 7 heteroatoms. The summed E-state index contributed by atoms with van der Waals surface area (Å²) in [6.45, 7) is 0.288. The zero-order chi connectivity index (χ0) is 20.0. The number of benzene rings is 2. The molecule has 0 aliphatic heterocycles. The van der Waals surface area contributed by atoms with E-state index in [0.717, 1.165) is 23.1 Å². The Kier molecular flexibility index (Phi) is 6.38. The third kappa shape index (κ3) is 5.37. The minimum atomic E-state index is -3.49. The molecule has 0 radical (unpaired) electrons. The quantitative estimate of drug-likeness (QED) is 0.431. The maximum atomic E-state index is 12.2. The fourth-order valence-electron chi connectivity index (χ4n) is 3.03. The van der Waals surface area contributed by atoms with Gasteiger partial charge >= 0.3 is 0 Å². The Labute approximate surface area is 164 Å². The molecule has 0 N–H and O–H groups in total. The van der Waals surface area contributed by atoms with E-state index in [4.69, 9.17) is 4.18 Å². The lowest BCUT2D eigenvalue weighted by molar-refractivity contribution is 0.302. The zero-order valence-electron chi connectivity index (χ0n) is 15.6. The monoisotopic (exact) mass is 398 g/mol. The summed E-state index contributed by atoms with van der Waals surface area (Å²) in [6, 6.07) is 23.2. The molecule has 0 fully saturated rings. The largest absolute Gasteiger partial charge is 0.270 e. The molecule has 1 heterocycles. The molecule has 1 aromatic heterocycles. The van der Waals surface area contributed by atoms with Gasteiger partial charge in [0.05, 0.1) is 24.5 Å². The average Bonchev–Trinajstić information content (AvgIpc) is 2.68. The van der Waals surface area contributed by atoms with Crippen LogP contribution in [0.25, 0.3) is 0 Å². The molecule has 0 spiro atoms. The summed E-state index contributed by atoms with van der Waals surface area (Å²) in [7, 11) is -3.49. The van der Waals surface area contributed by atoms with Crippen molar-refractivity contribution >= 4 is 10.1 Å². The van der Waals surface area contributed by atoms with Crippen molar-refractivity contribution in [1.82, 2.24) is 9.78 Å². The van der Waals surface area contributed by atoms with Crippen LogP contribution in [0.5, 0.6) is 0 Å². The highest BCUT2D eigenvalue weighted by molar-refractivity contribution is 7.85. The van der Waals surface area contributed by atoms with Crippen LogP contribution in [-0.2, 0) is 20.8 Å². The molecular formula is C21H22N2O4S. The van der Waals surface area contributed by atoms with Gasteiger partial charge in [-0.3, -0.25) is 8.98 Å². The molecule has 3 rings (SSSR count). The van der Waals surface area contributed by atoms with Gasteiger partial charge in [0.2, 0.25) is 0 Å². The topological polar surface area (TPSA) is 78.3 Å². The minimum Gasteiger partial charge on any atom is -0.270 e. The van der Waals surface area contributed by atoms with Gasteiger partial charge in [0.1, 0.15) is 0 Å². The van der Waals surface area contributed by atoms with Crippen molar-refractivity contribution in [3.05, 3.63) is 100.0 Å². The van der Waals surface area contributed by atoms with Crippen LogP contribution < -0.4 is 5.56 Å². The van der Waals surface area contributed by atoms with Crippen LogP contribution in [0.2, 0.25) is 0 Å². The SMILES string of the molecule is CS(=O)(=O)OCCCn1nc(C(c2ccccc2)c2ccccc2)ccc1=O. The van der Waals surface area contributed by atoms with E-state index in [-0.39, 0.29) is 24.6 Å². The molecule has 0 unspecified atom stereocenters. The number of aryl methyl sites for hydroxylation is 1. The Hall–Kier alpha value is -2.77. The Morgan fingerprint density at radius 2 is 1.50 bits per heavy atom. The van der Waals surface area contributed by atoms with E-state index in [1.807, 2.05) is 60.7 Å². The lowest BCUT2D eigenvalue weighted by Crippen LogP contribution is -2.25. The van der Waals surface area contributed by atoms with Crippen molar-refractivity contribution in [1.29, 1.82) is 0 Å². The van der Waals surface area contributed by atoms with Crippen LogP contribution in [0.1, 0.15) is 29.2 Å². The first kappa shape index (κ1) is 20.0. The maximum absolute atomic E-state index is 12.2. The smallest absolute Gasteiger partial charge is 0.266 e. The highest BCUT2D eigenvalue weighted by atomic mass is 32.2. The van der Waals surface area contributed by atoms with E-state index < -0.39 is 10.1 Å². The van der Waals surface area contributed by atoms with Gasteiger partial charge in [-0.1, -0.05) is 60.7 Å². The third-order valence-corrected chi connectivity index (χ3v) is 4.86. The van der Waals surface area contributed by atoms with Crippen LogP contribution >= 0.6 is 0 Å². The summed E-state index contributed by atoms with van der Waals surface area (Å²) in [4.78, 5) is 12.2. The number of hydrogen-bond acceptors (Lipinski definition) is 5. The highest BCUT2D eigenvalue weighted by Crippen LogP contribution is 2.29. The molecule has 0 aliphatic rings. The molecule has 146 valence electrons. The van der Waals surface area contributed by atoms with E-state index in [0.29, 0.717) is 6.42 Å². The van der Waals surface area contributed by atoms with Crippen molar-refractivity contribution < 1.29 is 12.6 Å². The predicted octanol–water partition coefficient (Wildman–Crippen LogP) is 2.79. The van der Waals surface area contributed by atoms with Crippen molar-refractivity contribution in [2.75, 3.05) is 12.9 Å². The van der Waals surface area contributed by atoms with E-state index in [2.05, 4.69) is 5.10 Å². The minimum absolute atomic E-state index is 0.0119. The van der Waals surface area contributed by atoms with Gasteiger partial charge in [-0.2, -0.15) is 13.5 Å². The van der Waals surface area contributed by atoms with E-state index in [1.54, 1.807) is 6.07 Å². The van der Waals surface area contributed by atoms with Crippen LogP contribution in [0.4, 0.5) is 0 Å². The Bertz CT molecular complexity index is 1020. The zero-order valence-corrected chi connectivity index (χ0v) is 16.4. The molecule has 0 aliphatic carbocycles. The molecule has 28 heavy (non-hydrogen) atoms. The highest BCUT2D eigenvalue weighted by Gasteiger charge is 2.19. The molecule has 3 aromatic rings. The van der Waals surface area contributed by atoms with Crippen molar-refractivity contribution in [2.45, 2.75) is 18.9 Å². The Morgan fingerprint density at radius 1 is 0.929 bits per heavy atom. The third-order valence-electron chi connectivity index (χ3n) is 4.26. The van der Waals surface area contributed by atoms with Gasteiger partial charge in [-0.15, -0.1) is 0 Å². The molecule has 0 bridgehead atoms. The van der Waals surface area contributed by atoms with Crippen LogP contribution in [-0.4, -0.2) is 31.1 Å². The van der Waals surface area contributed by atoms with E-state index in [1.165, 1.54) is 10.7 Å². The first-order chi connectivity index (χ1) is 13.4. The van der Waals surface area contributed by atoms with Crippen molar-refractivity contribution in [2.24, 2.45) is 0 Å². The second-order valence-corrected chi connectivity index (χ2v) is 8.10. The standard InChI is InChI=1S/C21H22N2O4S/c1-28(25,26)27-16-8-15-23-20(24)14-13-19(22-23)21(17-9-4-2-5-10-17)18-11-6-3-7-12-18/h2-7,9-14,21H,8,15-16H2,1H3. The summed E-state index contributed by atoms with van der Waals surface area (Å²) in [6.07, 6.45) is 1.37. The van der Waals surface area contributed by atoms with Gasteiger partial charge in [0, 0.05) is 12.6 Å².